The Morgan fingerprint density at radius 2 is 1.61 bits per heavy atom. The molecule has 0 rings (SSSR count). The first-order valence-electron chi connectivity index (χ1n) is 10.4. The topological polar surface area (TPSA) is 201 Å². The summed E-state index contributed by atoms with van der Waals surface area (Å²) < 4.78 is 0. The van der Waals surface area contributed by atoms with Gasteiger partial charge in [0, 0.05) is 20.0 Å². The van der Waals surface area contributed by atoms with E-state index in [1.807, 2.05) is 6.92 Å². The van der Waals surface area contributed by atoms with Crippen LogP contribution in [-0.4, -0.2) is 72.5 Å². The van der Waals surface area contributed by atoms with Gasteiger partial charge in [-0.25, -0.2) is 0 Å². The van der Waals surface area contributed by atoms with Crippen molar-refractivity contribution in [1.82, 2.24) is 21.3 Å². The smallest absolute Gasteiger partial charge is 0.245 e. The SMILES string of the molecule is CCNC(=O)[C@H](CCCN=C(N)N)NC(=O)[C@@H](NC(=O)[C@H](CO)NC(C)=O)C(C)CC. The molecule has 9 N–H and O–H groups in total. The van der Waals surface area contributed by atoms with Crippen LogP contribution < -0.4 is 32.7 Å². The quantitative estimate of drug-likeness (QED) is 0.0887. The Morgan fingerprint density at radius 3 is 2.10 bits per heavy atom. The number of aliphatic hydroxyl groups is 1. The van der Waals surface area contributed by atoms with E-state index >= 15 is 0 Å². The minimum absolute atomic E-state index is 0.0595. The van der Waals surface area contributed by atoms with Crippen molar-refractivity contribution >= 4 is 29.6 Å². The van der Waals surface area contributed by atoms with Crippen molar-refractivity contribution in [2.75, 3.05) is 19.7 Å². The number of carbonyl (C=O) groups excluding carboxylic acids is 4. The number of guanidine groups is 1. The summed E-state index contributed by atoms with van der Waals surface area (Å²) in [5.74, 6) is -2.41. The molecule has 0 aromatic rings. The second-order valence-corrected chi connectivity index (χ2v) is 7.21. The zero-order chi connectivity index (χ0) is 24.0. The van der Waals surface area contributed by atoms with Crippen LogP contribution in [0, 0.1) is 5.92 Å². The van der Waals surface area contributed by atoms with Crippen molar-refractivity contribution in [3.05, 3.63) is 0 Å². The molecule has 0 bridgehead atoms. The summed E-state index contributed by atoms with van der Waals surface area (Å²) in [4.78, 5) is 52.9. The number of nitrogens with one attached hydrogen (secondary N) is 4. The predicted octanol–water partition coefficient (Wildman–Crippen LogP) is -2.31. The predicted molar refractivity (Wildman–Crippen MR) is 117 cm³/mol. The van der Waals surface area contributed by atoms with E-state index in [1.54, 1.807) is 13.8 Å². The largest absolute Gasteiger partial charge is 0.394 e. The van der Waals surface area contributed by atoms with E-state index in [4.69, 9.17) is 11.5 Å². The Hall–Kier alpha value is -2.89. The number of rotatable bonds is 14. The highest BCUT2D eigenvalue weighted by atomic mass is 16.3. The normalized spacial score (nSPS) is 14.4. The van der Waals surface area contributed by atoms with Crippen LogP contribution in [0.5, 0.6) is 0 Å². The Kier molecular flexibility index (Phi) is 13.6. The Morgan fingerprint density at radius 1 is 0.968 bits per heavy atom. The summed E-state index contributed by atoms with van der Waals surface area (Å²) in [7, 11) is 0. The van der Waals surface area contributed by atoms with Crippen LogP contribution in [0.1, 0.15) is 47.0 Å². The van der Waals surface area contributed by atoms with Crippen molar-refractivity contribution in [3.63, 3.8) is 0 Å². The minimum Gasteiger partial charge on any atom is -0.394 e. The van der Waals surface area contributed by atoms with Crippen LogP contribution in [0.25, 0.3) is 0 Å². The van der Waals surface area contributed by atoms with Gasteiger partial charge in [-0.3, -0.25) is 24.2 Å². The van der Waals surface area contributed by atoms with Crippen molar-refractivity contribution in [1.29, 1.82) is 0 Å². The molecule has 0 saturated carbocycles. The maximum absolute atomic E-state index is 12.9. The molecule has 12 heteroatoms. The van der Waals surface area contributed by atoms with Crippen molar-refractivity contribution < 1.29 is 24.3 Å². The highest BCUT2D eigenvalue weighted by Gasteiger charge is 2.31. The van der Waals surface area contributed by atoms with Crippen LogP contribution in [0.15, 0.2) is 4.99 Å². The molecule has 4 atom stereocenters. The molecule has 0 aromatic heterocycles. The number of nitrogens with two attached hydrogens (primary N) is 2. The van der Waals surface area contributed by atoms with Gasteiger partial charge in [-0.1, -0.05) is 20.3 Å². The fourth-order valence-electron chi connectivity index (χ4n) is 2.73. The molecule has 0 fully saturated rings. The maximum Gasteiger partial charge on any atom is 0.245 e. The maximum atomic E-state index is 12.9. The zero-order valence-corrected chi connectivity index (χ0v) is 18.7. The molecule has 0 heterocycles. The van der Waals surface area contributed by atoms with Crippen molar-refractivity contribution in [2.24, 2.45) is 22.4 Å². The number of nitrogens with zero attached hydrogens (tertiary/aromatic N) is 1. The van der Waals surface area contributed by atoms with Gasteiger partial charge >= 0.3 is 0 Å². The van der Waals surface area contributed by atoms with E-state index in [0.717, 1.165) is 0 Å². The molecule has 1 unspecified atom stereocenters. The summed E-state index contributed by atoms with van der Waals surface area (Å²) in [5.41, 5.74) is 10.6. The molecule has 12 nitrogen and oxygen atoms in total. The van der Waals surface area contributed by atoms with Gasteiger partial charge in [0.15, 0.2) is 5.96 Å². The summed E-state index contributed by atoms with van der Waals surface area (Å²) in [6, 6.07) is -2.99. The molecule has 31 heavy (non-hydrogen) atoms. The summed E-state index contributed by atoms with van der Waals surface area (Å²) in [6.07, 6.45) is 1.31. The van der Waals surface area contributed by atoms with Gasteiger partial charge in [0.05, 0.1) is 6.61 Å². The second kappa shape index (κ2) is 15.0. The molecule has 0 saturated heterocycles. The molecular formula is C19H37N7O5. The first kappa shape index (κ1) is 28.1. The van der Waals surface area contributed by atoms with Crippen LogP contribution in [0.4, 0.5) is 0 Å². The lowest BCUT2D eigenvalue weighted by Crippen LogP contribution is -2.59. The molecule has 0 spiro atoms. The fraction of sp³-hybridized carbons (Fsp3) is 0.737. The van der Waals surface area contributed by atoms with Crippen LogP contribution in [0.2, 0.25) is 0 Å². The highest BCUT2D eigenvalue weighted by Crippen LogP contribution is 2.10. The third-order valence-corrected chi connectivity index (χ3v) is 4.60. The molecule has 0 aromatic carbocycles. The van der Waals surface area contributed by atoms with Gasteiger partial charge < -0.3 is 37.8 Å². The lowest BCUT2D eigenvalue weighted by Gasteiger charge is -2.27. The van der Waals surface area contributed by atoms with Gasteiger partial charge in [-0.05, 0) is 25.7 Å². The van der Waals surface area contributed by atoms with Crippen molar-refractivity contribution in [3.8, 4) is 0 Å². The summed E-state index contributed by atoms with van der Waals surface area (Å²) in [5, 5.41) is 19.6. The van der Waals surface area contributed by atoms with E-state index < -0.39 is 42.5 Å². The molecule has 0 aliphatic carbocycles. The average molecular weight is 444 g/mol. The van der Waals surface area contributed by atoms with Gasteiger partial charge in [0.1, 0.15) is 18.1 Å². The highest BCUT2D eigenvalue weighted by molar-refractivity contribution is 5.94. The molecule has 0 aliphatic heterocycles. The Bertz CT molecular complexity index is 637. The van der Waals surface area contributed by atoms with Crippen LogP contribution in [0.3, 0.4) is 0 Å². The summed E-state index contributed by atoms with van der Waals surface area (Å²) in [6.45, 7) is 6.67. The number of aliphatic hydroxyl groups excluding tert-OH is 1. The number of hydrogen-bond acceptors (Lipinski definition) is 6. The number of hydrogen-bond donors (Lipinski definition) is 7. The lowest BCUT2D eigenvalue weighted by atomic mass is 9.97. The second-order valence-electron chi connectivity index (χ2n) is 7.21. The van der Waals surface area contributed by atoms with E-state index in [9.17, 15) is 24.3 Å². The van der Waals surface area contributed by atoms with E-state index in [0.29, 0.717) is 32.4 Å². The molecule has 0 aliphatic rings. The summed E-state index contributed by atoms with van der Waals surface area (Å²) >= 11 is 0. The van der Waals surface area contributed by atoms with Gasteiger partial charge in [0.2, 0.25) is 23.6 Å². The molecule has 4 amide bonds. The van der Waals surface area contributed by atoms with E-state index in [-0.39, 0.29) is 17.8 Å². The number of amides is 4. The monoisotopic (exact) mass is 443 g/mol. The van der Waals surface area contributed by atoms with Crippen LogP contribution in [-0.2, 0) is 19.2 Å². The van der Waals surface area contributed by atoms with Gasteiger partial charge in [0.25, 0.3) is 0 Å². The molecule has 178 valence electrons. The van der Waals surface area contributed by atoms with Gasteiger partial charge in [-0.2, -0.15) is 0 Å². The number of likely N-dealkylation sites (N-methyl/N-ethyl adjacent to an activating group) is 1. The zero-order valence-electron chi connectivity index (χ0n) is 18.7. The third kappa shape index (κ3) is 11.2. The van der Waals surface area contributed by atoms with E-state index in [1.165, 1.54) is 6.92 Å². The lowest BCUT2D eigenvalue weighted by molar-refractivity contribution is -0.135. The Labute approximate surface area is 183 Å². The third-order valence-electron chi connectivity index (χ3n) is 4.60. The molecular weight excluding hydrogens is 406 g/mol. The fourth-order valence-corrected chi connectivity index (χ4v) is 2.73. The first-order valence-corrected chi connectivity index (χ1v) is 10.4. The number of aliphatic imine (C=N–C) groups is 1. The average Bonchev–Trinajstić information content (AvgIpc) is 2.71. The van der Waals surface area contributed by atoms with Gasteiger partial charge in [-0.15, -0.1) is 0 Å². The number of carbonyl (C=O) groups is 4. The standard InChI is InChI=1S/C19H37N7O5/c1-5-11(3)15(26-17(30)14(10-27)24-12(4)28)18(31)25-13(16(29)22-6-2)8-7-9-23-19(20)21/h11,13-15,27H,5-10H2,1-4H3,(H,22,29)(H,24,28)(H,25,31)(H,26,30)(H4,20,21,23)/t11?,13-,14-,15-/m0/s1. The Balaban J connectivity index is 5.35. The van der Waals surface area contributed by atoms with Crippen LogP contribution >= 0.6 is 0 Å². The van der Waals surface area contributed by atoms with Crippen molar-refractivity contribution in [2.45, 2.75) is 65.1 Å². The molecule has 0 radical (unpaired) electrons. The first-order chi connectivity index (χ1) is 14.6. The minimum atomic E-state index is -1.18. The van der Waals surface area contributed by atoms with E-state index in [2.05, 4.69) is 26.3 Å².